The predicted octanol–water partition coefficient (Wildman–Crippen LogP) is 5.31. The molecule has 5 nitrogen and oxygen atoms in total. The number of nitrogens with zero attached hydrogens (tertiary/aromatic N) is 2. The van der Waals surface area contributed by atoms with Crippen LogP contribution in [0.1, 0.15) is 48.0 Å². The first-order chi connectivity index (χ1) is 18.1. The van der Waals surface area contributed by atoms with Crippen LogP contribution in [0.2, 0.25) is 0 Å². The summed E-state index contributed by atoms with van der Waals surface area (Å²) in [7, 11) is 0. The quantitative estimate of drug-likeness (QED) is 0.168. The summed E-state index contributed by atoms with van der Waals surface area (Å²) in [6, 6.07) is 27.9. The van der Waals surface area contributed by atoms with Crippen LogP contribution < -0.4 is 5.11 Å². The predicted molar refractivity (Wildman–Crippen MR) is 146 cm³/mol. The average molecular weight is 493 g/mol. The highest BCUT2D eigenvalue weighted by atomic mass is 16.4. The molecule has 0 saturated carbocycles. The third-order valence-electron chi connectivity index (χ3n) is 7.64. The summed E-state index contributed by atoms with van der Waals surface area (Å²) in [5, 5.41) is 15.6. The van der Waals surface area contributed by atoms with Crippen molar-refractivity contribution in [2.75, 3.05) is 19.6 Å². The highest BCUT2D eigenvalue weighted by Crippen LogP contribution is 2.34. The lowest BCUT2D eigenvalue weighted by molar-refractivity contribution is -0.858. The molecule has 0 radical (unpaired) electrons. The van der Waals surface area contributed by atoms with Gasteiger partial charge in [0.15, 0.2) is 5.84 Å². The number of quaternary nitrogens is 1. The molecule has 4 aromatic carbocycles. The summed E-state index contributed by atoms with van der Waals surface area (Å²) in [6.07, 6.45) is 6.43. The monoisotopic (exact) mass is 492 g/mol. The lowest BCUT2D eigenvalue weighted by atomic mass is 9.95. The van der Waals surface area contributed by atoms with Crippen LogP contribution >= 0.6 is 0 Å². The molecule has 37 heavy (non-hydrogen) atoms. The number of aliphatic imine (C=N–C) groups is 1. The van der Waals surface area contributed by atoms with Crippen molar-refractivity contribution in [2.24, 2.45) is 4.99 Å². The summed E-state index contributed by atoms with van der Waals surface area (Å²) >= 11 is 0. The smallest absolute Gasteiger partial charge is 0.208 e. The van der Waals surface area contributed by atoms with Crippen molar-refractivity contribution in [1.29, 1.82) is 0 Å². The van der Waals surface area contributed by atoms with E-state index in [1.54, 1.807) is 18.2 Å². The van der Waals surface area contributed by atoms with Gasteiger partial charge in [-0.3, -0.25) is 9.28 Å². The molecule has 0 N–H and O–H groups in total. The highest BCUT2D eigenvalue weighted by molar-refractivity contribution is 6.38. The number of amidine groups is 1. The van der Waals surface area contributed by atoms with Crippen molar-refractivity contribution in [3.63, 3.8) is 0 Å². The zero-order valence-electron chi connectivity index (χ0n) is 21.1. The van der Waals surface area contributed by atoms with Gasteiger partial charge in [-0.1, -0.05) is 78.9 Å². The molecule has 5 heteroatoms. The Morgan fingerprint density at radius 3 is 2.05 bits per heavy atom. The van der Waals surface area contributed by atoms with Gasteiger partial charge in [0.2, 0.25) is 5.78 Å². The van der Waals surface area contributed by atoms with E-state index in [2.05, 4.69) is 54.6 Å². The molecule has 2 heterocycles. The van der Waals surface area contributed by atoms with Gasteiger partial charge >= 0.3 is 0 Å². The maximum absolute atomic E-state index is 10.7. The number of carboxylic acid groups (broad SMARTS) is 1. The van der Waals surface area contributed by atoms with Gasteiger partial charge in [-0.15, -0.1) is 0 Å². The number of ketones is 1. The Morgan fingerprint density at radius 1 is 0.757 bits per heavy atom. The fraction of sp³-hybridized carbons (Fsp3) is 0.281. The fourth-order valence-corrected chi connectivity index (χ4v) is 5.83. The Kier molecular flexibility index (Phi) is 7.42. The van der Waals surface area contributed by atoms with Crippen LogP contribution in [0.15, 0.2) is 89.9 Å². The Hall–Kier alpha value is -3.83. The van der Waals surface area contributed by atoms with Crippen molar-refractivity contribution in [3.05, 3.63) is 96.1 Å². The third kappa shape index (κ3) is 5.32. The number of rotatable bonds is 4. The highest BCUT2D eigenvalue weighted by Gasteiger charge is 2.38. The number of fused-ring (bicyclic) bond motifs is 3. The minimum absolute atomic E-state index is 0.146. The van der Waals surface area contributed by atoms with E-state index in [4.69, 9.17) is 4.99 Å². The second kappa shape index (κ2) is 11.1. The van der Waals surface area contributed by atoms with Crippen molar-refractivity contribution in [1.82, 2.24) is 0 Å². The van der Waals surface area contributed by atoms with Gasteiger partial charge in [-0.25, -0.2) is 4.99 Å². The zero-order valence-corrected chi connectivity index (χ0v) is 21.1. The molecule has 4 aromatic rings. The van der Waals surface area contributed by atoms with Crippen LogP contribution in [0.3, 0.4) is 0 Å². The molecule has 1 unspecified atom stereocenters. The van der Waals surface area contributed by atoms with Crippen molar-refractivity contribution in [2.45, 2.75) is 38.6 Å². The summed E-state index contributed by atoms with van der Waals surface area (Å²) in [5.41, 5.74) is 1.67. The maximum atomic E-state index is 10.7. The molecule has 1 fully saturated rings. The van der Waals surface area contributed by atoms with Gasteiger partial charge in [0.1, 0.15) is 12.5 Å². The Morgan fingerprint density at radius 2 is 1.38 bits per heavy atom. The van der Waals surface area contributed by atoms with E-state index in [1.807, 2.05) is 0 Å². The van der Waals surface area contributed by atoms with E-state index in [9.17, 15) is 14.7 Å². The molecule has 0 spiro atoms. The first-order valence-electron chi connectivity index (χ1n) is 13.2. The Bertz CT molecular complexity index is 1410. The standard InChI is InChI=1S/C24H27N2.C8H6O3/c1-2-13-24-25-14-8-16-26(24,15-7-1)18-23-21-11-5-3-9-19(21)17-20-10-4-6-12-22(20)23;9-7(8(10)11)6-4-2-1-3-5-6/h3-6,9-12,17H,1-2,7-8,13-16,18H2;1-5H,(H,10,11)/q+1;/p-1. The van der Waals surface area contributed by atoms with E-state index in [-0.39, 0.29) is 5.56 Å². The number of carboxylic acids is 1. The van der Waals surface area contributed by atoms with Gasteiger partial charge in [-0.05, 0) is 46.9 Å². The normalized spacial score (nSPS) is 19.2. The largest absolute Gasteiger partial charge is 0.541 e. The number of benzene rings is 4. The lowest BCUT2D eigenvalue weighted by Gasteiger charge is -2.40. The number of hydrogen-bond acceptors (Lipinski definition) is 4. The van der Waals surface area contributed by atoms with E-state index >= 15 is 0 Å². The van der Waals surface area contributed by atoms with Crippen LogP contribution in [0, 0.1) is 0 Å². The summed E-state index contributed by atoms with van der Waals surface area (Å²) < 4.78 is 1.11. The van der Waals surface area contributed by atoms with Crippen molar-refractivity contribution >= 4 is 39.1 Å². The number of hydrogen-bond donors (Lipinski definition) is 0. The molecule has 0 aromatic heterocycles. The molecule has 6 rings (SSSR count). The molecular formula is C32H32N2O3. The topological polar surface area (TPSA) is 69.6 Å². The molecule has 0 amide bonds. The third-order valence-corrected chi connectivity index (χ3v) is 7.64. The molecule has 1 saturated heterocycles. The lowest BCUT2D eigenvalue weighted by Crippen LogP contribution is -2.54. The minimum Gasteiger partial charge on any atom is -0.541 e. The van der Waals surface area contributed by atoms with E-state index in [1.165, 1.54) is 90.3 Å². The van der Waals surface area contributed by atoms with E-state index < -0.39 is 11.8 Å². The Labute approximate surface area is 217 Å². The SMILES string of the molecule is O=C([O-])C(=O)c1ccccc1.c1ccc2c(C[N+]34CCCCCC3=NCCC4)c3ccccc3cc2c1. The molecule has 2 aliphatic heterocycles. The summed E-state index contributed by atoms with van der Waals surface area (Å²) in [5.74, 6) is -1.17. The van der Waals surface area contributed by atoms with Crippen molar-refractivity contribution in [3.8, 4) is 0 Å². The summed E-state index contributed by atoms with van der Waals surface area (Å²) in [6.45, 7) is 4.65. The maximum Gasteiger partial charge on any atom is 0.208 e. The number of carbonyl (C=O) groups excluding carboxylic acids is 2. The minimum atomic E-state index is -1.67. The zero-order chi connectivity index (χ0) is 25.7. The number of carbonyl (C=O) groups is 2. The van der Waals surface area contributed by atoms with Gasteiger partial charge in [0, 0.05) is 30.5 Å². The van der Waals surface area contributed by atoms with Crippen LogP contribution in [0.5, 0.6) is 0 Å². The van der Waals surface area contributed by atoms with Crippen LogP contribution in [0.4, 0.5) is 0 Å². The number of aliphatic carboxylic acids is 1. The molecule has 0 bridgehead atoms. The van der Waals surface area contributed by atoms with Gasteiger partial charge in [0.05, 0.1) is 13.1 Å². The average Bonchev–Trinajstić information content (AvgIpc) is 3.16. The first kappa shape index (κ1) is 24.8. The van der Waals surface area contributed by atoms with Gasteiger partial charge < -0.3 is 9.90 Å². The number of Topliss-reactive ketones (excluding diaryl/α,β-unsaturated/α-hetero) is 1. The van der Waals surface area contributed by atoms with Crippen molar-refractivity contribution < 1.29 is 19.2 Å². The molecule has 2 aliphatic rings. The van der Waals surface area contributed by atoms with Crippen LogP contribution in [-0.4, -0.2) is 41.7 Å². The Balaban J connectivity index is 0.000000215. The van der Waals surface area contributed by atoms with Gasteiger partial charge in [0.25, 0.3) is 0 Å². The second-order valence-corrected chi connectivity index (χ2v) is 9.99. The molecule has 0 aliphatic carbocycles. The molecule has 1 atom stereocenters. The molecular weight excluding hydrogens is 460 g/mol. The second-order valence-electron chi connectivity index (χ2n) is 9.99. The van der Waals surface area contributed by atoms with E-state index in [0.29, 0.717) is 0 Å². The fourth-order valence-electron chi connectivity index (χ4n) is 5.83. The van der Waals surface area contributed by atoms with Gasteiger partial charge in [-0.2, -0.15) is 0 Å². The van der Waals surface area contributed by atoms with Crippen LogP contribution in [-0.2, 0) is 11.3 Å². The first-order valence-corrected chi connectivity index (χ1v) is 13.2. The van der Waals surface area contributed by atoms with E-state index in [0.717, 1.165) is 17.6 Å². The van der Waals surface area contributed by atoms with Crippen LogP contribution in [0.25, 0.3) is 21.5 Å². The molecule has 188 valence electrons. The summed E-state index contributed by atoms with van der Waals surface area (Å²) in [4.78, 5) is 25.8.